The molecule has 4 heteroatoms. The molecule has 0 saturated carbocycles. The first kappa shape index (κ1) is 15.6. The van der Waals surface area contributed by atoms with Gasteiger partial charge in [-0.2, -0.15) is 0 Å². The molecule has 0 aliphatic rings. The van der Waals surface area contributed by atoms with Gasteiger partial charge in [0, 0.05) is 22.5 Å². The van der Waals surface area contributed by atoms with E-state index in [9.17, 15) is 4.79 Å². The van der Waals surface area contributed by atoms with Crippen LogP contribution >= 0.6 is 11.3 Å². The van der Waals surface area contributed by atoms with Crippen molar-refractivity contribution in [1.29, 1.82) is 0 Å². The minimum Gasteiger partial charge on any atom is -0.472 e. The highest BCUT2D eigenvalue weighted by Gasteiger charge is 2.19. The van der Waals surface area contributed by atoms with E-state index in [1.54, 1.807) is 23.9 Å². The van der Waals surface area contributed by atoms with Gasteiger partial charge in [0.25, 0.3) is 5.91 Å². The SMILES string of the molecule is Cc1ccc(C(=O)N(Cc2ccoc2)Cc2cccs2)c(C)c1. The van der Waals surface area contributed by atoms with Crippen LogP contribution in [0, 0.1) is 13.8 Å². The van der Waals surface area contributed by atoms with Gasteiger partial charge in [0.05, 0.1) is 19.1 Å². The molecule has 0 aliphatic carbocycles. The third kappa shape index (κ3) is 3.71. The van der Waals surface area contributed by atoms with Crippen LogP contribution in [0.25, 0.3) is 0 Å². The van der Waals surface area contributed by atoms with Crippen molar-refractivity contribution in [3.8, 4) is 0 Å². The van der Waals surface area contributed by atoms with Crippen molar-refractivity contribution in [3.05, 3.63) is 81.4 Å². The van der Waals surface area contributed by atoms with Crippen LogP contribution in [0.3, 0.4) is 0 Å². The lowest BCUT2D eigenvalue weighted by Crippen LogP contribution is -2.30. The highest BCUT2D eigenvalue weighted by atomic mass is 32.1. The van der Waals surface area contributed by atoms with Crippen LogP contribution in [0.5, 0.6) is 0 Å². The fraction of sp³-hybridized carbons (Fsp3) is 0.211. The number of hydrogen-bond donors (Lipinski definition) is 0. The van der Waals surface area contributed by atoms with Gasteiger partial charge in [-0.3, -0.25) is 4.79 Å². The molecule has 0 aliphatic heterocycles. The summed E-state index contributed by atoms with van der Waals surface area (Å²) in [6.45, 7) is 5.17. The van der Waals surface area contributed by atoms with Gasteiger partial charge < -0.3 is 9.32 Å². The second kappa shape index (κ2) is 6.84. The number of aryl methyl sites for hydroxylation is 2. The van der Waals surface area contributed by atoms with Gasteiger partial charge in [0.1, 0.15) is 0 Å². The molecule has 23 heavy (non-hydrogen) atoms. The first-order valence-electron chi connectivity index (χ1n) is 7.53. The summed E-state index contributed by atoms with van der Waals surface area (Å²) in [5.74, 6) is 0.0529. The van der Waals surface area contributed by atoms with Crippen molar-refractivity contribution < 1.29 is 9.21 Å². The molecule has 2 heterocycles. The van der Waals surface area contributed by atoms with E-state index in [1.807, 2.05) is 48.4 Å². The van der Waals surface area contributed by atoms with Gasteiger partial charge in [0.2, 0.25) is 0 Å². The Hall–Kier alpha value is -2.33. The van der Waals surface area contributed by atoms with E-state index in [2.05, 4.69) is 12.1 Å². The Balaban J connectivity index is 1.88. The van der Waals surface area contributed by atoms with E-state index in [4.69, 9.17) is 4.42 Å². The van der Waals surface area contributed by atoms with Crippen molar-refractivity contribution in [2.24, 2.45) is 0 Å². The van der Waals surface area contributed by atoms with E-state index < -0.39 is 0 Å². The summed E-state index contributed by atoms with van der Waals surface area (Å²) in [7, 11) is 0. The Morgan fingerprint density at radius 2 is 2.04 bits per heavy atom. The molecule has 0 N–H and O–H groups in total. The van der Waals surface area contributed by atoms with Crippen LogP contribution in [0.15, 0.2) is 58.7 Å². The first-order valence-corrected chi connectivity index (χ1v) is 8.41. The van der Waals surface area contributed by atoms with E-state index in [1.165, 1.54) is 10.4 Å². The van der Waals surface area contributed by atoms with Crippen LogP contribution in [0.2, 0.25) is 0 Å². The smallest absolute Gasteiger partial charge is 0.254 e. The molecule has 2 aromatic heterocycles. The summed E-state index contributed by atoms with van der Waals surface area (Å²) < 4.78 is 5.14. The molecule has 3 rings (SSSR count). The van der Waals surface area contributed by atoms with E-state index >= 15 is 0 Å². The Morgan fingerprint density at radius 3 is 2.70 bits per heavy atom. The third-order valence-electron chi connectivity index (χ3n) is 3.78. The van der Waals surface area contributed by atoms with E-state index in [0.29, 0.717) is 13.1 Å². The number of hydrogen-bond acceptors (Lipinski definition) is 3. The molecule has 0 unspecified atom stereocenters. The van der Waals surface area contributed by atoms with Gasteiger partial charge >= 0.3 is 0 Å². The largest absolute Gasteiger partial charge is 0.472 e. The summed E-state index contributed by atoms with van der Waals surface area (Å²) in [6, 6.07) is 11.9. The van der Waals surface area contributed by atoms with E-state index in [0.717, 1.165) is 16.7 Å². The van der Waals surface area contributed by atoms with Gasteiger partial charge in [-0.05, 0) is 43.0 Å². The summed E-state index contributed by atoms with van der Waals surface area (Å²) in [6.07, 6.45) is 3.33. The molecule has 0 radical (unpaired) electrons. The number of furan rings is 1. The Morgan fingerprint density at radius 1 is 1.17 bits per heavy atom. The highest BCUT2D eigenvalue weighted by molar-refractivity contribution is 7.09. The predicted octanol–water partition coefficient (Wildman–Crippen LogP) is 4.80. The highest BCUT2D eigenvalue weighted by Crippen LogP contribution is 2.19. The Kier molecular flexibility index (Phi) is 4.63. The van der Waals surface area contributed by atoms with Crippen molar-refractivity contribution in [1.82, 2.24) is 4.90 Å². The molecule has 3 nitrogen and oxygen atoms in total. The number of rotatable bonds is 5. The molecule has 118 valence electrons. The first-order chi connectivity index (χ1) is 11.1. The minimum absolute atomic E-state index is 0.0529. The Bertz CT molecular complexity index is 740. The predicted molar refractivity (Wildman–Crippen MR) is 92.5 cm³/mol. The van der Waals surface area contributed by atoms with Crippen LogP contribution < -0.4 is 0 Å². The topological polar surface area (TPSA) is 33.5 Å². The summed E-state index contributed by atoms with van der Waals surface area (Å²) in [5, 5.41) is 2.03. The van der Waals surface area contributed by atoms with Crippen LogP contribution in [0.1, 0.15) is 31.9 Å². The lowest BCUT2D eigenvalue weighted by molar-refractivity contribution is 0.0731. The maximum Gasteiger partial charge on any atom is 0.254 e. The average molecular weight is 325 g/mol. The molecule has 0 bridgehead atoms. The fourth-order valence-electron chi connectivity index (χ4n) is 2.62. The zero-order valence-electron chi connectivity index (χ0n) is 13.3. The summed E-state index contributed by atoms with van der Waals surface area (Å²) in [4.78, 5) is 16.1. The third-order valence-corrected chi connectivity index (χ3v) is 4.64. The second-order valence-corrected chi connectivity index (χ2v) is 6.72. The lowest BCUT2D eigenvalue weighted by Gasteiger charge is -2.22. The monoisotopic (exact) mass is 325 g/mol. The molecule has 0 saturated heterocycles. The van der Waals surface area contributed by atoms with Crippen molar-refractivity contribution in [3.63, 3.8) is 0 Å². The average Bonchev–Trinajstić information content (AvgIpc) is 3.19. The van der Waals surface area contributed by atoms with Crippen molar-refractivity contribution in [2.75, 3.05) is 0 Å². The number of carbonyl (C=O) groups is 1. The molecule has 0 atom stereocenters. The number of amides is 1. The van der Waals surface area contributed by atoms with E-state index in [-0.39, 0.29) is 5.91 Å². The maximum absolute atomic E-state index is 13.0. The fourth-order valence-corrected chi connectivity index (χ4v) is 3.34. The minimum atomic E-state index is 0.0529. The molecule has 1 amide bonds. The Labute approximate surface area is 140 Å². The normalized spacial score (nSPS) is 10.7. The van der Waals surface area contributed by atoms with Gasteiger partial charge in [-0.1, -0.05) is 23.8 Å². The van der Waals surface area contributed by atoms with Gasteiger partial charge in [-0.25, -0.2) is 0 Å². The standard InChI is InChI=1S/C19H19NO2S/c1-14-5-6-18(15(2)10-14)19(21)20(11-16-7-8-22-13-16)12-17-4-3-9-23-17/h3-10,13H,11-12H2,1-2H3. The summed E-state index contributed by atoms with van der Waals surface area (Å²) >= 11 is 1.67. The molecule has 3 aromatic rings. The maximum atomic E-state index is 13.0. The van der Waals surface area contributed by atoms with Crippen LogP contribution in [0.4, 0.5) is 0 Å². The summed E-state index contributed by atoms with van der Waals surface area (Å²) in [5.41, 5.74) is 3.94. The number of thiophene rings is 1. The lowest BCUT2D eigenvalue weighted by atomic mass is 10.0. The number of benzene rings is 1. The molecule has 0 spiro atoms. The zero-order chi connectivity index (χ0) is 16.2. The number of nitrogens with zero attached hydrogens (tertiary/aromatic N) is 1. The van der Waals surface area contributed by atoms with Gasteiger partial charge in [0.15, 0.2) is 0 Å². The quantitative estimate of drug-likeness (QED) is 0.675. The number of carbonyl (C=O) groups excluding carboxylic acids is 1. The zero-order valence-corrected chi connectivity index (χ0v) is 14.1. The molecule has 1 aromatic carbocycles. The molecular weight excluding hydrogens is 306 g/mol. The van der Waals surface area contributed by atoms with Crippen LogP contribution in [-0.2, 0) is 13.1 Å². The molecular formula is C19H19NO2S. The van der Waals surface area contributed by atoms with Crippen molar-refractivity contribution in [2.45, 2.75) is 26.9 Å². The van der Waals surface area contributed by atoms with Gasteiger partial charge in [-0.15, -0.1) is 11.3 Å². The van der Waals surface area contributed by atoms with Crippen LogP contribution in [-0.4, -0.2) is 10.8 Å². The second-order valence-electron chi connectivity index (χ2n) is 5.69. The van der Waals surface area contributed by atoms with Crippen molar-refractivity contribution >= 4 is 17.2 Å². The molecule has 0 fully saturated rings.